The normalized spacial score (nSPS) is 10.8. The highest BCUT2D eigenvalue weighted by atomic mass is 19.1. The number of nitrogens with one attached hydrogen (secondary N) is 1. The average Bonchev–Trinajstić information content (AvgIpc) is 3.19. The van der Waals surface area contributed by atoms with E-state index in [1.807, 2.05) is 30.3 Å². The molecule has 0 aliphatic rings. The van der Waals surface area contributed by atoms with Gasteiger partial charge in [0.1, 0.15) is 5.82 Å². The van der Waals surface area contributed by atoms with Crippen molar-refractivity contribution in [3.05, 3.63) is 89.7 Å². The molecule has 0 bridgehead atoms. The van der Waals surface area contributed by atoms with Crippen molar-refractivity contribution in [1.82, 2.24) is 15.1 Å². The molecule has 162 valence electrons. The zero-order chi connectivity index (χ0) is 22.7. The van der Waals surface area contributed by atoms with E-state index in [0.717, 1.165) is 5.56 Å². The van der Waals surface area contributed by atoms with Gasteiger partial charge in [0, 0.05) is 13.1 Å². The lowest BCUT2D eigenvalue weighted by Gasteiger charge is -2.20. The van der Waals surface area contributed by atoms with E-state index in [0.29, 0.717) is 23.1 Å². The summed E-state index contributed by atoms with van der Waals surface area (Å²) in [5, 5.41) is 17.5. The molecule has 0 unspecified atom stereocenters. The molecule has 8 heteroatoms. The van der Waals surface area contributed by atoms with Crippen molar-refractivity contribution in [3.63, 3.8) is 0 Å². The summed E-state index contributed by atoms with van der Waals surface area (Å²) in [4.78, 5) is 26.4. The first-order chi connectivity index (χ1) is 15.5. The number of hydrogen-bond acceptors (Lipinski definition) is 3. The highest BCUT2D eigenvalue weighted by Crippen LogP contribution is 2.32. The van der Waals surface area contributed by atoms with Gasteiger partial charge in [-0.1, -0.05) is 36.4 Å². The predicted molar refractivity (Wildman–Crippen MR) is 120 cm³/mol. The van der Waals surface area contributed by atoms with Gasteiger partial charge in [-0.3, -0.25) is 4.90 Å². The Kier molecular flexibility index (Phi) is 5.85. The highest BCUT2D eigenvalue weighted by Gasteiger charge is 2.25. The van der Waals surface area contributed by atoms with Crippen molar-refractivity contribution < 1.29 is 19.1 Å². The lowest BCUT2D eigenvalue weighted by atomic mass is 10.1. The molecule has 0 saturated heterocycles. The van der Waals surface area contributed by atoms with Gasteiger partial charge in [0.15, 0.2) is 5.82 Å². The maximum Gasteiger partial charge on any atom is 0.336 e. The fourth-order valence-corrected chi connectivity index (χ4v) is 3.56. The number of nitrogens with zero attached hydrogens (tertiary/aromatic N) is 3. The van der Waals surface area contributed by atoms with Gasteiger partial charge in [-0.2, -0.15) is 0 Å². The van der Waals surface area contributed by atoms with E-state index in [1.54, 1.807) is 31.2 Å². The second kappa shape index (κ2) is 8.89. The number of hydrogen-bond donors (Lipinski definition) is 2. The van der Waals surface area contributed by atoms with Gasteiger partial charge < -0.3 is 10.4 Å². The Morgan fingerprint density at radius 1 is 1.03 bits per heavy atom. The number of aromatic nitrogens is 2. The van der Waals surface area contributed by atoms with Crippen molar-refractivity contribution in [2.24, 2.45) is 0 Å². The van der Waals surface area contributed by atoms with Crippen LogP contribution in [0.2, 0.25) is 0 Å². The third-order valence-corrected chi connectivity index (χ3v) is 5.09. The zero-order valence-electron chi connectivity index (χ0n) is 17.3. The van der Waals surface area contributed by atoms with Crippen LogP contribution in [-0.4, -0.2) is 33.4 Å². The summed E-state index contributed by atoms with van der Waals surface area (Å²) in [6, 6.07) is 19.6. The first-order valence-electron chi connectivity index (χ1n) is 10.1. The van der Waals surface area contributed by atoms with Crippen LogP contribution >= 0.6 is 0 Å². The molecule has 0 spiro atoms. The number of halogens is 1. The number of carbonyl (C=O) groups is 2. The van der Waals surface area contributed by atoms with Crippen molar-refractivity contribution >= 4 is 28.7 Å². The fourth-order valence-electron chi connectivity index (χ4n) is 3.56. The summed E-state index contributed by atoms with van der Waals surface area (Å²) in [6.45, 7) is 2.37. The van der Waals surface area contributed by atoms with Gasteiger partial charge in [-0.05, 0) is 48.9 Å². The minimum atomic E-state index is -1.13. The number of rotatable bonds is 6. The molecule has 2 amide bonds. The Hall–Kier alpha value is -4.20. The van der Waals surface area contributed by atoms with Gasteiger partial charge in [0.25, 0.3) is 0 Å². The van der Waals surface area contributed by atoms with E-state index in [9.17, 15) is 19.1 Å². The number of fused-ring (bicyclic) bond motifs is 1. The number of carboxylic acid groups (broad SMARTS) is 1. The van der Waals surface area contributed by atoms with Gasteiger partial charge in [-0.15, -0.1) is 5.10 Å². The molecule has 0 saturated carbocycles. The lowest BCUT2D eigenvalue weighted by molar-refractivity contribution is 0.0699. The number of anilines is 1. The molecule has 3 aromatic carbocycles. The molecule has 0 radical (unpaired) electrons. The molecule has 0 fully saturated rings. The summed E-state index contributed by atoms with van der Waals surface area (Å²) < 4.78 is 15.0. The molecular weight excluding hydrogens is 411 g/mol. The van der Waals surface area contributed by atoms with Gasteiger partial charge >= 0.3 is 12.0 Å². The molecule has 7 nitrogen and oxygen atoms in total. The smallest absolute Gasteiger partial charge is 0.336 e. The third kappa shape index (κ3) is 4.02. The predicted octanol–water partition coefficient (Wildman–Crippen LogP) is 4.60. The van der Waals surface area contributed by atoms with Crippen LogP contribution in [0.3, 0.4) is 0 Å². The second-order valence-corrected chi connectivity index (χ2v) is 7.11. The highest BCUT2D eigenvalue weighted by molar-refractivity contribution is 6.11. The Bertz CT molecular complexity index is 1270. The largest absolute Gasteiger partial charge is 0.478 e. The lowest BCUT2D eigenvalue weighted by Crippen LogP contribution is -2.40. The topological polar surface area (TPSA) is 87.5 Å². The summed E-state index contributed by atoms with van der Waals surface area (Å²) >= 11 is 0. The standard InChI is InChI=1S/C24H21FN4O3/c1-2-28(24(32)26-15-16-7-4-3-5-8-16)22-21-19(23(30)31)9-6-10-20(21)29(27-22)18-13-11-17(25)12-14-18/h3-14H,2,15H2,1H3,(H,26,32)(H,30,31). The number of amides is 2. The summed E-state index contributed by atoms with van der Waals surface area (Å²) in [5.74, 6) is -1.31. The van der Waals surface area contributed by atoms with Crippen LogP contribution < -0.4 is 10.2 Å². The van der Waals surface area contributed by atoms with Crippen molar-refractivity contribution in [2.45, 2.75) is 13.5 Å². The van der Waals surface area contributed by atoms with Crippen LogP contribution in [0.25, 0.3) is 16.6 Å². The summed E-state index contributed by atoms with van der Waals surface area (Å²) in [7, 11) is 0. The first kappa shape index (κ1) is 21.0. The number of aromatic carboxylic acids is 1. The van der Waals surface area contributed by atoms with E-state index < -0.39 is 17.8 Å². The fraction of sp³-hybridized carbons (Fsp3) is 0.125. The maximum absolute atomic E-state index is 13.4. The molecule has 0 aliphatic heterocycles. The molecule has 0 aliphatic carbocycles. The van der Waals surface area contributed by atoms with E-state index in [1.165, 1.54) is 27.8 Å². The molecule has 1 aromatic heterocycles. The van der Waals surface area contributed by atoms with Crippen LogP contribution in [0.4, 0.5) is 15.0 Å². The van der Waals surface area contributed by atoms with E-state index in [-0.39, 0.29) is 17.9 Å². The second-order valence-electron chi connectivity index (χ2n) is 7.11. The number of benzene rings is 3. The molecule has 1 heterocycles. The van der Waals surface area contributed by atoms with Crippen molar-refractivity contribution in [3.8, 4) is 5.69 Å². The van der Waals surface area contributed by atoms with Crippen LogP contribution in [0.5, 0.6) is 0 Å². The van der Waals surface area contributed by atoms with Crippen LogP contribution in [0, 0.1) is 5.82 Å². The Morgan fingerprint density at radius 2 is 1.75 bits per heavy atom. The quantitative estimate of drug-likeness (QED) is 0.466. The van der Waals surface area contributed by atoms with Gasteiger partial charge in [-0.25, -0.2) is 18.7 Å². The number of carboxylic acids is 1. The number of carbonyl (C=O) groups excluding carboxylic acids is 1. The average molecular weight is 432 g/mol. The van der Waals surface area contributed by atoms with Crippen molar-refractivity contribution in [2.75, 3.05) is 11.4 Å². The van der Waals surface area contributed by atoms with Crippen LogP contribution in [-0.2, 0) is 6.54 Å². The SMILES string of the molecule is CCN(C(=O)NCc1ccccc1)c1nn(-c2ccc(F)cc2)c2cccc(C(=O)O)c12. The minimum absolute atomic E-state index is 0.0279. The third-order valence-electron chi connectivity index (χ3n) is 5.09. The van der Waals surface area contributed by atoms with Crippen LogP contribution in [0.1, 0.15) is 22.8 Å². The molecular formula is C24H21FN4O3. The Balaban J connectivity index is 1.79. The first-order valence-corrected chi connectivity index (χ1v) is 10.1. The molecule has 4 rings (SSSR count). The summed E-state index contributed by atoms with van der Waals surface area (Å²) in [6.07, 6.45) is 0. The molecule has 2 N–H and O–H groups in total. The molecule has 0 atom stereocenters. The van der Waals surface area contributed by atoms with E-state index >= 15 is 0 Å². The maximum atomic E-state index is 13.4. The summed E-state index contributed by atoms with van der Waals surface area (Å²) in [5.41, 5.74) is 2.01. The Labute approximate surface area is 183 Å². The minimum Gasteiger partial charge on any atom is -0.478 e. The van der Waals surface area contributed by atoms with Crippen molar-refractivity contribution in [1.29, 1.82) is 0 Å². The van der Waals surface area contributed by atoms with Gasteiger partial charge in [0.2, 0.25) is 0 Å². The molecule has 4 aromatic rings. The number of urea groups is 1. The monoisotopic (exact) mass is 432 g/mol. The van der Waals surface area contributed by atoms with Gasteiger partial charge in [0.05, 0.1) is 22.2 Å². The zero-order valence-corrected chi connectivity index (χ0v) is 17.3. The Morgan fingerprint density at radius 3 is 2.41 bits per heavy atom. The van der Waals surface area contributed by atoms with E-state index in [4.69, 9.17) is 0 Å². The van der Waals surface area contributed by atoms with E-state index in [2.05, 4.69) is 10.4 Å². The molecule has 32 heavy (non-hydrogen) atoms. The van der Waals surface area contributed by atoms with Crippen LogP contribution in [0.15, 0.2) is 72.8 Å².